The number of rotatable bonds is 5. The van der Waals surface area contributed by atoms with Crippen molar-refractivity contribution in [3.05, 3.63) is 54.1 Å². The highest BCUT2D eigenvalue weighted by Gasteiger charge is 2.23. The molecule has 2 aromatic carbocycles. The van der Waals surface area contributed by atoms with Gasteiger partial charge in [0.15, 0.2) is 17.6 Å². The highest BCUT2D eigenvalue weighted by molar-refractivity contribution is 7.92. The number of benzene rings is 2. The Morgan fingerprint density at radius 2 is 1.84 bits per heavy atom. The molecule has 8 heteroatoms. The van der Waals surface area contributed by atoms with Crippen molar-refractivity contribution in [1.82, 2.24) is 0 Å². The Morgan fingerprint density at radius 3 is 2.60 bits per heavy atom. The normalized spacial score (nSPS) is 16.1. The number of carbonyl (C=O) groups is 1. The predicted octanol–water partition coefficient (Wildman–Crippen LogP) is 2.05. The van der Waals surface area contributed by atoms with E-state index in [1.54, 1.807) is 24.3 Å². The van der Waals surface area contributed by atoms with Crippen LogP contribution in [0, 0.1) is 0 Å². The average Bonchev–Trinajstić information content (AvgIpc) is 2.58. The van der Waals surface area contributed by atoms with E-state index >= 15 is 0 Å². The van der Waals surface area contributed by atoms with Crippen LogP contribution in [0.15, 0.2) is 48.5 Å². The molecular formula is C17H17NO6S. The zero-order chi connectivity index (χ0) is 17.9. The Morgan fingerprint density at radius 1 is 1.16 bits per heavy atom. The summed E-state index contributed by atoms with van der Waals surface area (Å²) in [7, 11) is -3.50. The van der Waals surface area contributed by atoms with Crippen LogP contribution in [-0.4, -0.2) is 40.0 Å². The third-order valence-corrected chi connectivity index (χ3v) is 4.00. The number of sulfonamides is 1. The van der Waals surface area contributed by atoms with Crippen molar-refractivity contribution in [2.45, 2.75) is 6.10 Å². The molecule has 0 fully saturated rings. The number of nitrogens with one attached hydrogen (secondary N) is 1. The molecule has 1 aliphatic heterocycles. The van der Waals surface area contributed by atoms with Crippen LogP contribution in [-0.2, 0) is 14.8 Å². The van der Waals surface area contributed by atoms with E-state index in [0.29, 0.717) is 11.5 Å². The summed E-state index contributed by atoms with van der Waals surface area (Å²) in [5.74, 6) is 0.593. The van der Waals surface area contributed by atoms with Crippen molar-refractivity contribution in [3.63, 3.8) is 0 Å². The van der Waals surface area contributed by atoms with E-state index in [0.717, 1.165) is 6.26 Å². The molecule has 25 heavy (non-hydrogen) atoms. The molecule has 2 aromatic rings. The zero-order valence-corrected chi connectivity index (χ0v) is 14.3. The Labute approximate surface area is 145 Å². The van der Waals surface area contributed by atoms with Gasteiger partial charge in [-0.1, -0.05) is 24.3 Å². The molecule has 0 bridgehead atoms. The molecule has 0 saturated carbocycles. The molecule has 1 aliphatic rings. The zero-order valence-electron chi connectivity index (χ0n) is 13.5. The van der Waals surface area contributed by atoms with Crippen LogP contribution in [0.4, 0.5) is 5.69 Å². The number of anilines is 1. The average molecular weight is 363 g/mol. The van der Waals surface area contributed by atoms with E-state index in [1.165, 1.54) is 12.1 Å². The molecule has 1 atom stereocenters. The van der Waals surface area contributed by atoms with Crippen molar-refractivity contribution in [1.29, 1.82) is 0 Å². The lowest BCUT2D eigenvalue weighted by atomic mass is 10.2. The van der Waals surface area contributed by atoms with Crippen LogP contribution in [0.3, 0.4) is 0 Å². The monoisotopic (exact) mass is 363 g/mol. The lowest BCUT2D eigenvalue weighted by Gasteiger charge is -2.26. The van der Waals surface area contributed by atoms with Gasteiger partial charge in [0.1, 0.15) is 13.2 Å². The maximum absolute atomic E-state index is 12.3. The molecule has 0 aliphatic carbocycles. The van der Waals surface area contributed by atoms with E-state index in [2.05, 4.69) is 4.72 Å². The molecule has 0 amide bonds. The fourth-order valence-corrected chi connectivity index (χ4v) is 2.92. The van der Waals surface area contributed by atoms with Gasteiger partial charge in [0.05, 0.1) is 17.5 Å². The number of esters is 1. The van der Waals surface area contributed by atoms with Crippen molar-refractivity contribution in [2.75, 3.05) is 24.2 Å². The van der Waals surface area contributed by atoms with Gasteiger partial charge in [-0.25, -0.2) is 13.2 Å². The fraction of sp³-hybridized carbons (Fsp3) is 0.235. The number of ether oxygens (including phenoxy) is 3. The first kappa shape index (κ1) is 17.1. The maximum Gasteiger partial charge on any atom is 0.340 e. The standard InChI is InChI=1S/C17H17NO6S/c1-25(20,21)18-14-7-3-2-6-13(14)17(19)23-11-12-10-22-15-8-4-5-9-16(15)24-12/h2-9,12,18H,10-11H2,1H3. The van der Waals surface area contributed by atoms with Gasteiger partial charge in [-0.2, -0.15) is 0 Å². The van der Waals surface area contributed by atoms with Gasteiger partial charge in [0.25, 0.3) is 0 Å². The number of hydrogen-bond donors (Lipinski definition) is 1. The first-order valence-corrected chi connectivity index (χ1v) is 9.44. The van der Waals surface area contributed by atoms with Crippen molar-refractivity contribution in [3.8, 4) is 11.5 Å². The molecule has 1 N–H and O–H groups in total. The summed E-state index contributed by atoms with van der Waals surface area (Å²) in [6.07, 6.45) is 0.577. The second kappa shape index (κ2) is 7.02. The molecule has 0 aromatic heterocycles. The number of hydrogen-bond acceptors (Lipinski definition) is 6. The summed E-state index contributed by atoms with van der Waals surface area (Å²) in [4.78, 5) is 12.3. The molecule has 0 saturated heterocycles. The Kier molecular flexibility index (Phi) is 4.80. The molecule has 0 radical (unpaired) electrons. The SMILES string of the molecule is CS(=O)(=O)Nc1ccccc1C(=O)OCC1COc2ccccc2O1. The summed E-state index contributed by atoms with van der Waals surface area (Å²) < 4.78 is 41.6. The van der Waals surface area contributed by atoms with Crippen LogP contribution in [0.1, 0.15) is 10.4 Å². The third-order valence-electron chi connectivity index (χ3n) is 3.41. The van der Waals surface area contributed by atoms with Gasteiger partial charge in [0, 0.05) is 0 Å². The smallest absolute Gasteiger partial charge is 0.340 e. The second-order valence-electron chi connectivity index (χ2n) is 5.52. The van der Waals surface area contributed by atoms with Crippen molar-refractivity contribution >= 4 is 21.7 Å². The summed E-state index contributed by atoms with van der Waals surface area (Å²) in [6, 6.07) is 13.5. The maximum atomic E-state index is 12.3. The van der Waals surface area contributed by atoms with Gasteiger partial charge in [-0.3, -0.25) is 4.72 Å². The van der Waals surface area contributed by atoms with Crippen LogP contribution < -0.4 is 14.2 Å². The highest BCUT2D eigenvalue weighted by atomic mass is 32.2. The fourth-order valence-electron chi connectivity index (χ4n) is 2.34. The van der Waals surface area contributed by atoms with Gasteiger partial charge in [-0.15, -0.1) is 0 Å². The largest absolute Gasteiger partial charge is 0.486 e. The van der Waals surface area contributed by atoms with E-state index in [4.69, 9.17) is 14.2 Å². The number of fused-ring (bicyclic) bond motifs is 1. The van der Waals surface area contributed by atoms with Crippen LogP contribution in [0.25, 0.3) is 0 Å². The minimum atomic E-state index is -3.50. The molecule has 1 heterocycles. The summed E-state index contributed by atoms with van der Waals surface area (Å²) in [5.41, 5.74) is 0.297. The topological polar surface area (TPSA) is 90.9 Å². The number of para-hydroxylation sites is 3. The van der Waals surface area contributed by atoms with Crippen LogP contribution in [0.2, 0.25) is 0 Å². The van der Waals surface area contributed by atoms with Crippen molar-refractivity contribution < 1.29 is 27.4 Å². The van der Waals surface area contributed by atoms with Crippen LogP contribution in [0.5, 0.6) is 11.5 Å². The minimum Gasteiger partial charge on any atom is -0.486 e. The summed E-state index contributed by atoms with van der Waals surface area (Å²) >= 11 is 0. The van der Waals surface area contributed by atoms with Crippen molar-refractivity contribution in [2.24, 2.45) is 0 Å². The Balaban J connectivity index is 1.64. The molecule has 7 nitrogen and oxygen atoms in total. The van der Waals surface area contributed by atoms with Gasteiger partial charge < -0.3 is 14.2 Å². The minimum absolute atomic E-state index is 0.0135. The van der Waals surface area contributed by atoms with E-state index < -0.39 is 22.1 Å². The summed E-state index contributed by atoms with van der Waals surface area (Å²) in [6.45, 7) is 0.244. The molecule has 3 rings (SSSR count). The predicted molar refractivity (Wildman–Crippen MR) is 91.5 cm³/mol. The first-order valence-electron chi connectivity index (χ1n) is 7.55. The second-order valence-corrected chi connectivity index (χ2v) is 7.26. The van der Waals surface area contributed by atoms with E-state index in [-0.39, 0.29) is 24.5 Å². The quantitative estimate of drug-likeness (QED) is 0.818. The van der Waals surface area contributed by atoms with Gasteiger partial charge in [0.2, 0.25) is 10.0 Å². The highest BCUT2D eigenvalue weighted by Crippen LogP contribution is 2.31. The van der Waals surface area contributed by atoms with Gasteiger partial charge >= 0.3 is 5.97 Å². The Bertz CT molecular complexity index is 880. The Hall–Kier alpha value is -2.74. The number of carbonyl (C=O) groups excluding carboxylic acids is 1. The lowest BCUT2D eigenvalue weighted by Crippen LogP contribution is -2.34. The van der Waals surface area contributed by atoms with E-state index in [9.17, 15) is 13.2 Å². The third kappa shape index (κ3) is 4.42. The van der Waals surface area contributed by atoms with Crippen LogP contribution >= 0.6 is 0 Å². The molecule has 132 valence electrons. The lowest BCUT2D eigenvalue weighted by molar-refractivity contribution is 0.0110. The first-order chi connectivity index (χ1) is 11.9. The molecule has 1 unspecified atom stereocenters. The molecule has 0 spiro atoms. The summed E-state index contributed by atoms with van der Waals surface area (Å²) in [5, 5.41) is 0. The van der Waals surface area contributed by atoms with E-state index in [1.807, 2.05) is 12.1 Å². The van der Waals surface area contributed by atoms with Gasteiger partial charge in [-0.05, 0) is 24.3 Å². The molecular weight excluding hydrogens is 346 g/mol.